The lowest BCUT2D eigenvalue weighted by Crippen LogP contribution is -2.45. The van der Waals surface area contributed by atoms with Crippen LogP contribution in [-0.2, 0) is 14.3 Å². The molecular weight excluding hydrogens is 1010 g/mol. The summed E-state index contributed by atoms with van der Waals surface area (Å²) >= 11 is 0. The number of carbonyl (C=O) groups is 2. The molecule has 488 valence electrons. The normalized spacial score (nSPS) is 12.5. The van der Waals surface area contributed by atoms with Crippen molar-refractivity contribution in [1.82, 2.24) is 5.32 Å². The summed E-state index contributed by atoms with van der Waals surface area (Å²) in [5.74, 6) is -0.00918. The molecule has 82 heavy (non-hydrogen) atoms. The zero-order chi connectivity index (χ0) is 59.2. The van der Waals surface area contributed by atoms with Gasteiger partial charge in [-0.2, -0.15) is 0 Å². The van der Waals surface area contributed by atoms with Crippen LogP contribution in [0.2, 0.25) is 0 Å². The summed E-state index contributed by atoms with van der Waals surface area (Å²) in [4.78, 5) is 24.6. The van der Waals surface area contributed by atoms with E-state index in [1.165, 1.54) is 366 Å². The van der Waals surface area contributed by atoms with Crippen LogP contribution in [0.25, 0.3) is 0 Å². The minimum Gasteiger partial charge on any atom is -0.466 e. The molecule has 0 aromatic carbocycles. The summed E-state index contributed by atoms with van der Waals surface area (Å²) in [7, 11) is 0. The van der Waals surface area contributed by atoms with E-state index in [0.717, 1.165) is 38.5 Å². The Hall–Kier alpha value is -1.40. The molecule has 0 saturated heterocycles. The number of ether oxygens (including phenoxy) is 1. The average Bonchev–Trinajstić information content (AvgIpc) is 3.48. The van der Waals surface area contributed by atoms with Crippen LogP contribution in [0.15, 0.2) is 12.2 Å². The van der Waals surface area contributed by atoms with E-state index in [9.17, 15) is 19.8 Å². The highest BCUT2D eigenvalue weighted by atomic mass is 16.5. The van der Waals surface area contributed by atoms with Crippen LogP contribution in [0.5, 0.6) is 0 Å². The van der Waals surface area contributed by atoms with Gasteiger partial charge in [-0.05, 0) is 51.4 Å². The van der Waals surface area contributed by atoms with Gasteiger partial charge in [-0.3, -0.25) is 9.59 Å². The molecule has 0 heterocycles. The quantitative estimate of drug-likeness (QED) is 0.0320. The number of nitrogens with one attached hydrogen (secondary N) is 1. The Bertz CT molecular complexity index is 1240. The molecule has 0 aromatic heterocycles. The molecule has 0 aromatic rings. The van der Waals surface area contributed by atoms with E-state index in [4.69, 9.17) is 4.74 Å². The molecule has 0 saturated carbocycles. The van der Waals surface area contributed by atoms with E-state index in [0.29, 0.717) is 25.9 Å². The lowest BCUT2D eigenvalue weighted by molar-refractivity contribution is -0.143. The molecular formula is C76H149NO5. The maximum absolute atomic E-state index is 12.6. The van der Waals surface area contributed by atoms with E-state index in [1.54, 1.807) is 0 Å². The molecule has 0 bridgehead atoms. The Morgan fingerprint density at radius 2 is 0.573 bits per heavy atom. The zero-order valence-corrected chi connectivity index (χ0v) is 56.0. The molecule has 0 fully saturated rings. The monoisotopic (exact) mass is 1160 g/mol. The first-order chi connectivity index (χ1) is 40.5. The Kier molecular flexibility index (Phi) is 70.8. The van der Waals surface area contributed by atoms with Crippen LogP contribution >= 0.6 is 0 Å². The molecule has 0 rings (SSSR count). The van der Waals surface area contributed by atoms with Crippen molar-refractivity contribution in [2.24, 2.45) is 0 Å². The van der Waals surface area contributed by atoms with E-state index in [-0.39, 0.29) is 18.5 Å². The number of aliphatic hydroxyl groups is 2. The molecule has 3 N–H and O–H groups in total. The molecule has 0 radical (unpaired) electrons. The highest BCUT2D eigenvalue weighted by Gasteiger charge is 2.20. The van der Waals surface area contributed by atoms with Crippen molar-refractivity contribution in [3.05, 3.63) is 12.2 Å². The van der Waals surface area contributed by atoms with Crippen molar-refractivity contribution >= 4 is 11.9 Å². The van der Waals surface area contributed by atoms with Crippen LogP contribution in [0.1, 0.15) is 438 Å². The molecule has 1 amide bonds. The first-order valence-corrected chi connectivity index (χ1v) is 37.9. The van der Waals surface area contributed by atoms with Gasteiger partial charge in [0, 0.05) is 12.8 Å². The van der Waals surface area contributed by atoms with Gasteiger partial charge >= 0.3 is 5.97 Å². The fourth-order valence-electron chi connectivity index (χ4n) is 12.3. The number of carbonyl (C=O) groups excluding carboxylic acids is 2. The van der Waals surface area contributed by atoms with Crippen molar-refractivity contribution < 1.29 is 24.5 Å². The predicted molar refractivity (Wildman–Crippen MR) is 361 cm³/mol. The van der Waals surface area contributed by atoms with Gasteiger partial charge in [0.05, 0.1) is 25.4 Å². The maximum Gasteiger partial charge on any atom is 0.305 e. The summed E-state index contributed by atoms with van der Waals surface area (Å²) in [6.07, 6.45) is 90.0. The smallest absolute Gasteiger partial charge is 0.305 e. The zero-order valence-electron chi connectivity index (χ0n) is 56.0. The summed E-state index contributed by atoms with van der Waals surface area (Å²) in [5, 5.41) is 23.5. The lowest BCUT2D eigenvalue weighted by atomic mass is 10.0. The van der Waals surface area contributed by atoms with Gasteiger partial charge < -0.3 is 20.3 Å². The van der Waals surface area contributed by atoms with Crippen LogP contribution in [-0.4, -0.2) is 47.4 Å². The topological polar surface area (TPSA) is 95.9 Å². The third-order valence-corrected chi connectivity index (χ3v) is 18.1. The first kappa shape index (κ1) is 80.6. The van der Waals surface area contributed by atoms with Crippen LogP contribution in [0.4, 0.5) is 0 Å². The summed E-state index contributed by atoms with van der Waals surface area (Å²) < 4.78 is 5.49. The number of amides is 1. The Morgan fingerprint density at radius 3 is 0.866 bits per heavy atom. The number of rotatable bonds is 72. The predicted octanol–water partition coefficient (Wildman–Crippen LogP) is 24.7. The summed E-state index contributed by atoms with van der Waals surface area (Å²) in [6.45, 7) is 5.01. The van der Waals surface area contributed by atoms with Gasteiger partial charge in [-0.25, -0.2) is 0 Å². The van der Waals surface area contributed by atoms with Gasteiger partial charge in [0.15, 0.2) is 0 Å². The average molecular weight is 1160 g/mol. The standard InChI is InChI=1S/C76H149NO5/c1-3-5-7-9-11-13-15-17-18-19-20-21-29-32-35-38-41-45-48-52-56-60-64-68-74(79)73(72-78)77-75(80)69-65-61-57-53-49-46-42-39-36-33-30-27-25-23-22-24-26-28-31-34-37-40-43-47-51-55-59-63-67-71-82-76(81)70-66-62-58-54-50-44-16-14-12-10-8-6-4-2/h22,24,73-74,78-79H,3-21,23,25-72H2,1-2H3,(H,77,80)/b24-22-. The fourth-order valence-corrected chi connectivity index (χ4v) is 12.3. The van der Waals surface area contributed by atoms with Gasteiger partial charge in [0.25, 0.3) is 0 Å². The molecule has 6 heteroatoms. The number of aliphatic hydroxyl groups excluding tert-OH is 2. The minimum absolute atomic E-state index is 0.0192. The van der Waals surface area contributed by atoms with Gasteiger partial charge in [0.2, 0.25) is 5.91 Å². The SMILES string of the molecule is CCCCCCCCCCCCCCCCCCCCCCCCCC(O)C(CO)NC(=O)CCCCCCCCCCCCCCC/C=C\CCCCCCCCCCCCCCOC(=O)CCCCCCCCCCCCCCC. The van der Waals surface area contributed by atoms with E-state index >= 15 is 0 Å². The molecule has 0 spiro atoms. The lowest BCUT2D eigenvalue weighted by Gasteiger charge is -2.22. The fraction of sp³-hybridized carbons (Fsp3) is 0.947. The molecule has 0 aliphatic rings. The number of esters is 1. The number of unbranched alkanes of at least 4 members (excludes halogenated alkanes) is 59. The maximum atomic E-state index is 12.6. The molecule has 0 aliphatic heterocycles. The molecule has 2 unspecified atom stereocenters. The Labute approximate surface area is 514 Å². The van der Waals surface area contributed by atoms with Crippen molar-refractivity contribution in [3.8, 4) is 0 Å². The van der Waals surface area contributed by atoms with Crippen molar-refractivity contribution in [1.29, 1.82) is 0 Å². The highest BCUT2D eigenvalue weighted by Crippen LogP contribution is 2.20. The van der Waals surface area contributed by atoms with Crippen molar-refractivity contribution in [3.63, 3.8) is 0 Å². The third kappa shape index (κ3) is 67.7. The Balaban J connectivity index is 3.37. The van der Waals surface area contributed by atoms with Gasteiger partial charge in [-0.1, -0.05) is 386 Å². The second kappa shape index (κ2) is 72.1. The first-order valence-electron chi connectivity index (χ1n) is 37.9. The van der Waals surface area contributed by atoms with Gasteiger partial charge in [0.1, 0.15) is 0 Å². The van der Waals surface area contributed by atoms with Crippen LogP contribution in [0, 0.1) is 0 Å². The second-order valence-electron chi connectivity index (χ2n) is 26.3. The molecule has 2 atom stereocenters. The summed E-state index contributed by atoms with van der Waals surface area (Å²) in [5.41, 5.74) is 0. The van der Waals surface area contributed by atoms with E-state index < -0.39 is 12.1 Å². The largest absolute Gasteiger partial charge is 0.466 e. The number of hydrogen-bond acceptors (Lipinski definition) is 5. The number of hydrogen-bond donors (Lipinski definition) is 3. The van der Waals surface area contributed by atoms with Crippen LogP contribution in [0.3, 0.4) is 0 Å². The van der Waals surface area contributed by atoms with Crippen molar-refractivity contribution in [2.45, 2.75) is 450 Å². The highest BCUT2D eigenvalue weighted by molar-refractivity contribution is 5.76. The van der Waals surface area contributed by atoms with Crippen LogP contribution < -0.4 is 5.32 Å². The second-order valence-corrected chi connectivity index (χ2v) is 26.3. The van der Waals surface area contributed by atoms with Crippen molar-refractivity contribution in [2.75, 3.05) is 13.2 Å². The van der Waals surface area contributed by atoms with Gasteiger partial charge in [-0.15, -0.1) is 0 Å². The Morgan fingerprint density at radius 1 is 0.329 bits per heavy atom. The van der Waals surface area contributed by atoms with E-state index in [2.05, 4.69) is 31.3 Å². The summed E-state index contributed by atoms with van der Waals surface area (Å²) in [6, 6.07) is -0.541. The third-order valence-electron chi connectivity index (χ3n) is 18.1. The molecule has 6 nitrogen and oxygen atoms in total. The van der Waals surface area contributed by atoms with E-state index in [1.807, 2.05) is 0 Å². The minimum atomic E-state index is -0.664. The molecule has 0 aliphatic carbocycles. The number of allylic oxidation sites excluding steroid dienone is 2.